The third-order valence-electron chi connectivity index (χ3n) is 4.46. The van der Waals surface area contributed by atoms with Gasteiger partial charge >= 0.3 is 0 Å². The lowest BCUT2D eigenvalue weighted by atomic mass is 10.2. The number of hydrogen-bond donors (Lipinski definition) is 1. The Morgan fingerprint density at radius 1 is 1.12 bits per heavy atom. The van der Waals surface area contributed by atoms with Gasteiger partial charge in [-0.2, -0.15) is 0 Å². The van der Waals surface area contributed by atoms with Gasteiger partial charge in [0.25, 0.3) is 5.91 Å². The van der Waals surface area contributed by atoms with E-state index in [-0.39, 0.29) is 11.7 Å². The number of piperazine rings is 1. The van der Waals surface area contributed by atoms with Gasteiger partial charge in [0, 0.05) is 37.8 Å². The highest BCUT2D eigenvalue weighted by atomic mass is 32.1. The van der Waals surface area contributed by atoms with Crippen molar-refractivity contribution in [1.29, 1.82) is 0 Å². The Labute approximate surface area is 148 Å². The van der Waals surface area contributed by atoms with Gasteiger partial charge in [-0.3, -0.25) is 4.79 Å². The van der Waals surface area contributed by atoms with Gasteiger partial charge in [-0.1, -0.05) is 12.1 Å². The Kier molecular flexibility index (Phi) is 4.01. The van der Waals surface area contributed by atoms with Gasteiger partial charge in [-0.15, -0.1) is 11.3 Å². The van der Waals surface area contributed by atoms with E-state index in [1.807, 2.05) is 23.1 Å². The molecule has 1 amide bonds. The summed E-state index contributed by atoms with van der Waals surface area (Å²) in [5.41, 5.74) is 7.23. The van der Waals surface area contributed by atoms with Crippen molar-refractivity contribution in [2.45, 2.75) is 0 Å². The summed E-state index contributed by atoms with van der Waals surface area (Å²) in [5, 5.41) is 0.820. The highest BCUT2D eigenvalue weighted by Gasteiger charge is 2.26. The molecule has 5 nitrogen and oxygen atoms in total. The zero-order valence-electron chi connectivity index (χ0n) is 13.5. The molecule has 1 fully saturated rings. The number of anilines is 2. The van der Waals surface area contributed by atoms with Crippen LogP contribution in [-0.4, -0.2) is 42.0 Å². The van der Waals surface area contributed by atoms with Gasteiger partial charge in [-0.05, 0) is 24.3 Å². The number of halogens is 1. The molecule has 2 N–H and O–H groups in total. The number of hydrogen-bond acceptors (Lipinski definition) is 5. The highest BCUT2D eigenvalue weighted by Crippen LogP contribution is 2.33. The zero-order chi connectivity index (χ0) is 17.4. The summed E-state index contributed by atoms with van der Waals surface area (Å²) in [6, 6.07) is 10.4. The molecule has 4 rings (SSSR count). The first-order valence-electron chi connectivity index (χ1n) is 8.07. The number of aromatic nitrogens is 1. The minimum atomic E-state index is -0.234. The lowest BCUT2D eigenvalue weighted by Gasteiger charge is -2.36. The van der Waals surface area contributed by atoms with Crippen LogP contribution in [0.15, 0.2) is 42.6 Å². The second-order valence-corrected chi connectivity index (χ2v) is 6.93. The van der Waals surface area contributed by atoms with E-state index in [0.29, 0.717) is 42.4 Å². The number of carbonyl (C=O) groups excluding carboxylic acids is 1. The summed E-state index contributed by atoms with van der Waals surface area (Å²) in [5.74, 6) is -0.309. The van der Waals surface area contributed by atoms with Crippen LogP contribution in [0.3, 0.4) is 0 Å². The molecular formula is C18H17FN4OS. The molecule has 0 unspecified atom stereocenters. The number of carbonyl (C=O) groups is 1. The molecule has 3 heterocycles. The third-order valence-corrected chi connectivity index (χ3v) is 5.58. The Hall–Kier alpha value is -2.67. The number of benzene rings is 1. The second kappa shape index (κ2) is 6.33. The van der Waals surface area contributed by atoms with E-state index in [2.05, 4.69) is 4.98 Å². The van der Waals surface area contributed by atoms with Crippen LogP contribution in [0, 0.1) is 5.82 Å². The Morgan fingerprint density at radius 3 is 2.60 bits per heavy atom. The predicted octanol–water partition coefficient (Wildman–Crippen LogP) is 2.98. The summed E-state index contributed by atoms with van der Waals surface area (Å²) in [7, 11) is 0. The molecule has 1 saturated heterocycles. The minimum absolute atomic E-state index is 0.0753. The molecule has 0 atom stereocenters. The quantitative estimate of drug-likeness (QED) is 0.767. The van der Waals surface area contributed by atoms with Gasteiger partial charge in [-0.25, -0.2) is 9.37 Å². The maximum atomic E-state index is 13.9. The Bertz CT molecular complexity index is 934. The van der Waals surface area contributed by atoms with E-state index in [1.165, 1.54) is 17.4 Å². The van der Waals surface area contributed by atoms with Crippen LogP contribution in [0.5, 0.6) is 0 Å². The highest BCUT2D eigenvalue weighted by molar-refractivity contribution is 7.21. The number of pyridine rings is 1. The van der Waals surface area contributed by atoms with E-state index >= 15 is 0 Å². The molecule has 2 aromatic heterocycles. The summed E-state index contributed by atoms with van der Waals surface area (Å²) >= 11 is 1.32. The first-order chi connectivity index (χ1) is 12.1. The molecule has 1 aromatic carbocycles. The predicted molar refractivity (Wildman–Crippen MR) is 98.5 cm³/mol. The molecule has 0 aliphatic carbocycles. The van der Waals surface area contributed by atoms with E-state index in [0.717, 1.165) is 10.2 Å². The van der Waals surface area contributed by atoms with Crippen molar-refractivity contribution in [3.63, 3.8) is 0 Å². The van der Waals surface area contributed by atoms with E-state index in [1.54, 1.807) is 23.2 Å². The van der Waals surface area contributed by atoms with Crippen LogP contribution in [0.1, 0.15) is 9.67 Å². The number of nitrogen functional groups attached to an aromatic ring is 1. The van der Waals surface area contributed by atoms with Crippen molar-refractivity contribution in [3.05, 3.63) is 53.3 Å². The van der Waals surface area contributed by atoms with Crippen LogP contribution in [0.25, 0.3) is 10.2 Å². The van der Waals surface area contributed by atoms with E-state index in [4.69, 9.17) is 5.73 Å². The minimum Gasteiger partial charge on any atom is -0.397 e. The number of fused-ring (bicyclic) bond motifs is 1. The zero-order valence-corrected chi connectivity index (χ0v) is 14.3. The SMILES string of the molecule is Nc1c(C(=O)N2CCN(c3ccccc3F)CC2)sc2ncccc12. The summed E-state index contributed by atoms with van der Waals surface area (Å²) < 4.78 is 13.9. The summed E-state index contributed by atoms with van der Waals surface area (Å²) in [4.78, 5) is 22.2. The largest absolute Gasteiger partial charge is 0.397 e. The summed E-state index contributed by atoms with van der Waals surface area (Å²) in [6.45, 7) is 2.26. The van der Waals surface area contributed by atoms with Gasteiger partial charge in [0.1, 0.15) is 15.5 Å². The van der Waals surface area contributed by atoms with Gasteiger partial charge < -0.3 is 15.5 Å². The Morgan fingerprint density at radius 2 is 1.88 bits per heavy atom. The first-order valence-corrected chi connectivity index (χ1v) is 8.88. The fourth-order valence-electron chi connectivity index (χ4n) is 3.11. The molecule has 25 heavy (non-hydrogen) atoms. The van der Waals surface area contributed by atoms with Gasteiger partial charge in [0.15, 0.2) is 0 Å². The van der Waals surface area contributed by atoms with E-state index < -0.39 is 0 Å². The normalized spacial score (nSPS) is 14.9. The average Bonchev–Trinajstić information content (AvgIpc) is 2.99. The van der Waals surface area contributed by atoms with Crippen LogP contribution >= 0.6 is 11.3 Å². The lowest BCUT2D eigenvalue weighted by Crippen LogP contribution is -2.49. The fraction of sp³-hybridized carbons (Fsp3) is 0.222. The number of para-hydroxylation sites is 1. The standard InChI is InChI=1S/C18H17FN4OS/c19-13-5-1-2-6-14(13)22-8-10-23(11-9-22)18(24)16-15(20)12-4-3-7-21-17(12)25-16/h1-7H,8-11,20H2. The Balaban J connectivity index is 1.51. The molecular weight excluding hydrogens is 339 g/mol. The van der Waals surface area contributed by atoms with Crippen molar-refractivity contribution in [2.75, 3.05) is 36.8 Å². The summed E-state index contributed by atoms with van der Waals surface area (Å²) in [6.07, 6.45) is 1.69. The van der Waals surface area contributed by atoms with Crippen LogP contribution in [0.4, 0.5) is 15.8 Å². The topological polar surface area (TPSA) is 62.5 Å². The molecule has 7 heteroatoms. The first kappa shape index (κ1) is 15.8. The third kappa shape index (κ3) is 2.80. The number of nitrogens with zero attached hydrogens (tertiary/aromatic N) is 3. The van der Waals surface area contributed by atoms with Crippen molar-refractivity contribution in [3.8, 4) is 0 Å². The van der Waals surface area contributed by atoms with Crippen LogP contribution < -0.4 is 10.6 Å². The molecule has 0 spiro atoms. The van der Waals surface area contributed by atoms with Crippen LogP contribution in [0.2, 0.25) is 0 Å². The number of amides is 1. The molecule has 0 saturated carbocycles. The maximum Gasteiger partial charge on any atom is 0.266 e. The molecule has 1 aliphatic heterocycles. The molecule has 128 valence electrons. The number of nitrogens with two attached hydrogens (primary N) is 1. The van der Waals surface area contributed by atoms with Gasteiger partial charge in [0.05, 0.1) is 11.4 Å². The monoisotopic (exact) mass is 356 g/mol. The van der Waals surface area contributed by atoms with E-state index in [9.17, 15) is 9.18 Å². The smallest absolute Gasteiger partial charge is 0.266 e. The van der Waals surface area contributed by atoms with Gasteiger partial charge in [0.2, 0.25) is 0 Å². The fourth-order valence-corrected chi connectivity index (χ4v) is 4.14. The van der Waals surface area contributed by atoms with Crippen LogP contribution in [-0.2, 0) is 0 Å². The lowest BCUT2D eigenvalue weighted by molar-refractivity contribution is 0.0752. The molecule has 3 aromatic rings. The maximum absolute atomic E-state index is 13.9. The number of rotatable bonds is 2. The van der Waals surface area contributed by atoms with Crippen molar-refractivity contribution >= 4 is 38.8 Å². The number of thiophene rings is 1. The van der Waals surface area contributed by atoms with Crippen molar-refractivity contribution < 1.29 is 9.18 Å². The molecule has 0 bridgehead atoms. The second-order valence-electron chi connectivity index (χ2n) is 5.93. The molecule has 0 radical (unpaired) electrons. The van der Waals surface area contributed by atoms with Crippen molar-refractivity contribution in [2.24, 2.45) is 0 Å². The average molecular weight is 356 g/mol. The van der Waals surface area contributed by atoms with Crippen molar-refractivity contribution in [1.82, 2.24) is 9.88 Å². The molecule has 1 aliphatic rings.